The van der Waals surface area contributed by atoms with Crippen LogP contribution in [-0.2, 0) is 9.59 Å². The van der Waals surface area contributed by atoms with Gasteiger partial charge in [-0.1, -0.05) is 42.5 Å². The van der Waals surface area contributed by atoms with Crippen LogP contribution in [0.4, 0.5) is 0 Å². The van der Waals surface area contributed by atoms with Crippen molar-refractivity contribution in [1.29, 1.82) is 0 Å². The van der Waals surface area contributed by atoms with Gasteiger partial charge in [0, 0.05) is 48.2 Å². The number of nitrogens with zero attached hydrogens (tertiary/aromatic N) is 1. The van der Waals surface area contributed by atoms with Crippen molar-refractivity contribution < 1.29 is 19.5 Å². The van der Waals surface area contributed by atoms with Gasteiger partial charge in [0.2, 0.25) is 5.91 Å². The van der Waals surface area contributed by atoms with Crippen molar-refractivity contribution in [3.8, 4) is 0 Å². The highest BCUT2D eigenvalue weighted by Crippen LogP contribution is 2.21. The molecule has 1 atom stereocenters. The van der Waals surface area contributed by atoms with Gasteiger partial charge in [0.1, 0.15) is 6.04 Å². The number of rotatable bonds is 7. The first-order chi connectivity index (χ1) is 16.0. The van der Waals surface area contributed by atoms with Gasteiger partial charge < -0.3 is 26.0 Å². The number of likely N-dealkylation sites (tertiary alicyclic amines) is 1. The van der Waals surface area contributed by atoms with Crippen molar-refractivity contribution in [2.45, 2.75) is 18.9 Å². The number of carbonyl (C=O) groups is 3. The Balaban J connectivity index is 1.33. The molecule has 0 aliphatic carbocycles. The van der Waals surface area contributed by atoms with Gasteiger partial charge in [-0.25, -0.2) is 4.79 Å². The topological polar surface area (TPSA) is 111 Å². The van der Waals surface area contributed by atoms with E-state index in [-0.39, 0.29) is 24.3 Å². The Morgan fingerprint density at radius 3 is 2.45 bits per heavy atom. The van der Waals surface area contributed by atoms with Gasteiger partial charge >= 0.3 is 5.97 Å². The first kappa shape index (κ1) is 22.4. The Morgan fingerprint density at radius 2 is 1.73 bits per heavy atom. The summed E-state index contributed by atoms with van der Waals surface area (Å²) < 4.78 is 0. The minimum Gasteiger partial charge on any atom is -0.480 e. The number of benzene rings is 2. The van der Waals surface area contributed by atoms with E-state index in [2.05, 4.69) is 33.0 Å². The van der Waals surface area contributed by atoms with Crippen LogP contribution in [0.1, 0.15) is 23.2 Å². The van der Waals surface area contributed by atoms with E-state index >= 15 is 0 Å². The van der Waals surface area contributed by atoms with Gasteiger partial charge in [0.25, 0.3) is 5.91 Å². The molecule has 8 nitrogen and oxygen atoms in total. The molecule has 1 fully saturated rings. The highest BCUT2D eigenvalue weighted by molar-refractivity contribution is 5.94. The van der Waals surface area contributed by atoms with Gasteiger partial charge in [-0.15, -0.1) is 0 Å². The number of hydrogen-bond acceptors (Lipinski definition) is 5. The summed E-state index contributed by atoms with van der Waals surface area (Å²) in [5.74, 6) is -2.09. The summed E-state index contributed by atoms with van der Waals surface area (Å²) >= 11 is 0. The van der Waals surface area contributed by atoms with Crippen LogP contribution in [0.5, 0.6) is 0 Å². The summed E-state index contributed by atoms with van der Waals surface area (Å²) in [7, 11) is 0. The van der Waals surface area contributed by atoms with Crippen molar-refractivity contribution in [2.75, 3.05) is 26.2 Å². The number of carboxylic acid groups (broad SMARTS) is 1. The molecule has 2 amide bonds. The summed E-state index contributed by atoms with van der Waals surface area (Å²) in [5, 5.41) is 20.4. The predicted octanol–water partition coefficient (Wildman–Crippen LogP) is -0.153. The number of piperidine rings is 1. The van der Waals surface area contributed by atoms with Gasteiger partial charge in [-0.3, -0.25) is 9.59 Å². The minimum atomic E-state index is -1.18. The van der Waals surface area contributed by atoms with E-state index in [0.717, 1.165) is 24.9 Å². The average Bonchev–Trinajstić information content (AvgIpc) is 2.86. The van der Waals surface area contributed by atoms with Gasteiger partial charge in [-0.05, 0) is 30.2 Å². The molecule has 33 heavy (non-hydrogen) atoms. The zero-order valence-electron chi connectivity index (χ0n) is 18.3. The summed E-state index contributed by atoms with van der Waals surface area (Å²) in [6.07, 6.45) is 3.30. The Morgan fingerprint density at radius 1 is 1.03 bits per heavy atom. The first-order valence-corrected chi connectivity index (χ1v) is 11.2. The molecule has 0 bridgehead atoms. The largest absolute Gasteiger partial charge is 0.480 e. The molecule has 0 saturated carbocycles. The highest BCUT2D eigenvalue weighted by Gasteiger charge is 2.29. The van der Waals surface area contributed by atoms with E-state index in [9.17, 15) is 19.5 Å². The monoisotopic (exact) mass is 448 g/mol. The number of hydrogen-bond donors (Lipinski definition) is 4. The maximum Gasteiger partial charge on any atom is 0.328 e. The lowest BCUT2D eigenvalue weighted by Crippen LogP contribution is -2.52. The van der Waals surface area contributed by atoms with E-state index in [1.54, 1.807) is 30.3 Å². The number of aliphatic carboxylic acids is 1. The van der Waals surface area contributed by atoms with E-state index in [4.69, 9.17) is 0 Å². The third-order valence-electron chi connectivity index (χ3n) is 6.16. The Hall–Kier alpha value is -3.81. The van der Waals surface area contributed by atoms with E-state index in [1.165, 1.54) is 10.9 Å². The van der Waals surface area contributed by atoms with Crippen LogP contribution in [0.15, 0.2) is 54.6 Å². The second-order valence-electron chi connectivity index (χ2n) is 8.30. The molecule has 0 aromatic heterocycles. The van der Waals surface area contributed by atoms with Gasteiger partial charge in [0.15, 0.2) is 0 Å². The van der Waals surface area contributed by atoms with E-state index in [1.807, 2.05) is 18.3 Å². The molecule has 4 N–H and O–H groups in total. The zero-order chi connectivity index (χ0) is 23.2. The Kier molecular flexibility index (Phi) is 6.92. The van der Waals surface area contributed by atoms with E-state index < -0.39 is 12.0 Å². The van der Waals surface area contributed by atoms with Crippen LogP contribution in [0, 0.1) is 5.92 Å². The lowest BCUT2D eigenvalue weighted by Gasteiger charge is -2.35. The highest BCUT2D eigenvalue weighted by atomic mass is 16.4. The second kappa shape index (κ2) is 10.2. The van der Waals surface area contributed by atoms with Crippen molar-refractivity contribution in [1.82, 2.24) is 20.9 Å². The third kappa shape index (κ3) is 5.34. The fourth-order valence-corrected chi connectivity index (χ4v) is 4.31. The maximum absolute atomic E-state index is 12.8. The molecule has 0 spiro atoms. The fraction of sp³-hybridized carbons (Fsp3) is 0.320. The fourth-order valence-electron chi connectivity index (χ4n) is 4.31. The molecule has 0 radical (unpaired) electrons. The number of fused-ring (bicyclic) bond motifs is 1. The van der Waals surface area contributed by atoms with Gasteiger partial charge in [-0.2, -0.15) is 0 Å². The normalized spacial score (nSPS) is 16.6. The molecule has 0 unspecified atom stereocenters. The molecule has 4 rings (SSSR count). The number of carboxylic acids is 1. The number of amides is 2. The third-order valence-corrected chi connectivity index (χ3v) is 6.16. The van der Waals surface area contributed by atoms with Crippen LogP contribution in [0.25, 0.3) is 11.9 Å². The average molecular weight is 449 g/mol. The van der Waals surface area contributed by atoms with Crippen molar-refractivity contribution >= 4 is 29.7 Å². The lowest BCUT2D eigenvalue weighted by atomic mass is 9.94. The van der Waals surface area contributed by atoms with Crippen molar-refractivity contribution in [2.24, 2.45) is 5.92 Å². The molecule has 2 aromatic rings. The summed E-state index contributed by atoms with van der Waals surface area (Å²) in [6, 6.07) is 15.6. The Labute approximate surface area is 192 Å². The van der Waals surface area contributed by atoms with Crippen molar-refractivity contribution in [3.05, 3.63) is 70.6 Å². The molecule has 2 aliphatic rings. The lowest BCUT2D eigenvalue weighted by molar-refractivity contribution is -0.142. The smallest absolute Gasteiger partial charge is 0.328 e. The van der Waals surface area contributed by atoms with Crippen LogP contribution in [0.2, 0.25) is 0 Å². The zero-order valence-corrected chi connectivity index (χ0v) is 18.3. The van der Waals surface area contributed by atoms with Gasteiger partial charge in [0.05, 0.1) is 6.54 Å². The molecule has 8 heteroatoms. The number of nitrogens with one attached hydrogen (secondary N) is 3. The SMILES string of the molecule is O=C(NC[C@H](NC(=O)C1CCN(C2=c3ccccc3=CNC2)CC1)C(=O)O)c1ccccc1. The molecular formula is C25H28N4O4. The summed E-state index contributed by atoms with van der Waals surface area (Å²) in [6.45, 7) is 2.03. The van der Waals surface area contributed by atoms with Crippen LogP contribution in [0.3, 0.4) is 0 Å². The molecule has 1 saturated heterocycles. The quantitative estimate of drug-likeness (QED) is 0.469. The standard InChI is InChI=1S/C25H28N4O4/c30-23(17-6-2-1-3-7-17)27-15-21(25(32)33)28-24(31)18-10-12-29(13-11-18)22-16-26-14-19-8-4-5-9-20(19)22/h1-9,14,18,21,26H,10-13,15-16H2,(H,27,30)(H,28,31)(H,32,33)/t21-/m0/s1. The minimum absolute atomic E-state index is 0.176. The van der Waals surface area contributed by atoms with Crippen LogP contribution in [-0.4, -0.2) is 60.0 Å². The predicted molar refractivity (Wildman–Crippen MR) is 124 cm³/mol. The van der Waals surface area contributed by atoms with Crippen LogP contribution < -0.4 is 26.4 Å². The number of carbonyl (C=O) groups excluding carboxylic acids is 2. The van der Waals surface area contributed by atoms with E-state index in [0.29, 0.717) is 18.4 Å². The molecular weight excluding hydrogens is 420 g/mol. The molecule has 2 heterocycles. The Bertz CT molecular complexity index is 1140. The summed E-state index contributed by atoms with van der Waals surface area (Å²) in [5.41, 5.74) is 1.66. The molecule has 172 valence electrons. The molecule has 2 aliphatic heterocycles. The second-order valence-corrected chi connectivity index (χ2v) is 8.30. The first-order valence-electron chi connectivity index (χ1n) is 11.2. The maximum atomic E-state index is 12.8. The molecule has 2 aromatic carbocycles. The summed E-state index contributed by atoms with van der Waals surface area (Å²) in [4.78, 5) is 38.9. The van der Waals surface area contributed by atoms with Crippen LogP contribution >= 0.6 is 0 Å². The van der Waals surface area contributed by atoms with Crippen molar-refractivity contribution in [3.63, 3.8) is 0 Å².